The molecule has 0 heterocycles. The Morgan fingerprint density at radius 3 is 2.41 bits per heavy atom. The SMILES string of the molecule is COC(=O)[C@H](NC(=O)Cc1cc(F)cc(F)c1)[C@H](C)CC#N. The van der Waals surface area contributed by atoms with Crippen molar-refractivity contribution in [3.05, 3.63) is 35.4 Å². The van der Waals surface area contributed by atoms with Crippen LogP contribution in [0.2, 0.25) is 0 Å². The lowest BCUT2D eigenvalue weighted by Crippen LogP contribution is -2.46. The Morgan fingerprint density at radius 2 is 1.91 bits per heavy atom. The van der Waals surface area contributed by atoms with E-state index in [0.29, 0.717) is 6.07 Å². The van der Waals surface area contributed by atoms with Crippen LogP contribution in [0.5, 0.6) is 0 Å². The molecule has 1 aromatic rings. The number of ether oxygens (including phenoxy) is 1. The molecule has 1 rings (SSSR count). The fraction of sp³-hybridized carbons (Fsp3) is 0.400. The highest BCUT2D eigenvalue weighted by Crippen LogP contribution is 2.11. The molecule has 0 aliphatic heterocycles. The van der Waals surface area contributed by atoms with Crippen molar-refractivity contribution in [2.24, 2.45) is 5.92 Å². The number of hydrogen-bond acceptors (Lipinski definition) is 4. The van der Waals surface area contributed by atoms with Crippen molar-refractivity contribution in [1.82, 2.24) is 5.32 Å². The normalized spacial score (nSPS) is 12.9. The third kappa shape index (κ3) is 5.13. The van der Waals surface area contributed by atoms with Crippen LogP contribution in [0.3, 0.4) is 0 Å². The van der Waals surface area contributed by atoms with E-state index in [4.69, 9.17) is 5.26 Å². The van der Waals surface area contributed by atoms with E-state index in [1.807, 2.05) is 6.07 Å². The first-order valence-electron chi connectivity index (χ1n) is 6.56. The summed E-state index contributed by atoms with van der Waals surface area (Å²) in [4.78, 5) is 23.6. The highest BCUT2D eigenvalue weighted by Gasteiger charge is 2.27. The van der Waals surface area contributed by atoms with Crippen LogP contribution >= 0.6 is 0 Å². The first kappa shape index (κ1) is 17.6. The molecule has 0 aliphatic carbocycles. The van der Waals surface area contributed by atoms with Gasteiger partial charge in [0.2, 0.25) is 5.91 Å². The second-order valence-electron chi connectivity index (χ2n) is 4.86. The molecule has 22 heavy (non-hydrogen) atoms. The summed E-state index contributed by atoms with van der Waals surface area (Å²) < 4.78 is 30.7. The van der Waals surface area contributed by atoms with Crippen LogP contribution in [-0.2, 0) is 20.7 Å². The minimum atomic E-state index is -0.990. The van der Waals surface area contributed by atoms with Gasteiger partial charge in [-0.1, -0.05) is 6.92 Å². The Morgan fingerprint density at radius 1 is 1.32 bits per heavy atom. The molecule has 7 heteroatoms. The lowest BCUT2D eigenvalue weighted by Gasteiger charge is -2.21. The average molecular weight is 310 g/mol. The van der Waals surface area contributed by atoms with Gasteiger partial charge < -0.3 is 10.1 Å². The number of benzene rings is 1. The van der Waals surface area contributed by atoms with Gasteiger partial charge in [-0.2, -0.15) is 5.26 Å². The van der Waals surface area contributed by atoms with Crippen molar-refractivity contribution in [3.8, 4) is 6.07 Å². The summed E-state index contributed by atoms with van der Waals surface area (Å²) in [5.41, 5.74) is 0.145. The van der Waals surface area contributed by atoms with Crippen LogP contribution in [-0.4, -0.2) is 25.0 Å². The Labute approximate surface area is 126 Å². The topological polar surface area (TPSA) is 79.2 Å². The number of amides is 1. The maximum atomic E-state index is 13.1. The summed E-state index contributed by atoms with van der Waals surface area (Å²) in [5.74, 6) is -3.30. The quantitative estimate of drug-likeness (QED) is 0.811. The summed E-state index contributed by atoms with van der Waals surface area (Å²) in [7, 11) is 1.17. The van der Waals surface area contributed by atoms with Gasteiger partial charge in [0.25, 0.3) is 0 Å². The summed E-state index contributed by atoms with van der Waals surface area (Å²) in [6.45, 7) is 1.62. The van der Waals surface area contributed by atoms with Crippen LogP contribution in [0.15, 0.2) is 18.2 Å². The van der Waals surface area contributed by atoms with Gasteiger partial charge in [-0.3, -0.25) is 4.79 Å². The van der Waals surface area contributed by atoms with Crippen molar-refractivity contribution >= 4 is 11.9 Å². The van der Waals surface area contributed by atoms with E-state index in [1.165, 1.54) is 7.11 Å². The summed E-state index contributed by atoms with van der Waals surface area (Å²) in [6.07, 6.45) is -0.240. The van der Waals surface area contributed by atoms with E-state index in [0.717, 1.165) is 12.1 Å². The van der Waals surface area contributed by atoms with E-state index in [-0.39, 0.29) is 18.4 Å². The zero-order valence-electron chi connectivity index (χ0n) is 12.2. The summed E-state index contributed by atoms with van der Waals surface area (Å²) in [5, 5.41) is 11.1. The molecule has 0 saturated heterocycles. The molecule has 0 aromatic heterocycles. The maximum absolute atomic E-state index is 13.1. The fourth-order valence-corrected chi connectivity index (χ4v) is 1.95. The number of hydrogen-bond donors (Lipinski definition) is 1. The molecule has 2 atom stereocenters. The van der Waals surface area contributed by atoms with Gasteiger partial charge in [-0.15, -0.1) is 0 Å². The van der Waals surface area contributed by atoms with E-state index in [9.17, 15) is 18.4 Å². The van der Waals surface area contributed by atoms with Crippen molar-refractivity contribution in [2.45, 2.75) is 25.8 Å². The van der Waals surface area contributed by atoms with Crippen molar-refractivity contribution in [3.63, 3.8) is 0 Å². The highest BCUT2D eigenvalue weighted by molar-refractivity contribution is 5.85. The van der Waals surface area contributed by atoms with Gasteiger partial charge in [0.05, 0.1) is 19.6 Å². The molecular weight excluding hydrogens is 294 g/mol. The van der Waals surface area contributed by atoms with Gasteiger partial charge in [-0.25, -0.2) is 13.6 Å². The van der Waals surface area contributed by atoms with E-state index in [1.54, 1.807) is 6.92 Å². The number of carbonyl (C=O) groups excluding carboxylic acids is 2. The van der Waals surface area contributed by atoms with Gasteiger partial charge in [0.1, 0.15) is 17.7 Å². The molecule has 118 valence electrons. The Balaban J connectivity index is 2.78. The molecule has 0 unspecified atom stereocenters. The van der Waals surface area contributed by atoms with Gasteiger partial charge in [0, 0.05) is 18.4 Å². The molecule has 0 bridgehead atoms. The third-order valence-electron chi connectivity index (χ3n) is 3.04. The number of halogens is 2. The number of carbonyl (C=O) groups is 2. The summed E-state index contributed by atoms with van der Waals surface area (Å²) >= 11 is 0. The van der Waals surface area contributed by atoms with Crippen LogP contribution in [0.4, 0.5) is 8.78 Å². The lowest BCUT2D eigenvalue weighted by atomic mass is 9.98. The lowest BCUT2D eigenvalue weighted by molar-refractivity contribution is -0.146. The molecule has 0 saturated carbocycles. The molecule has 5 nitrogen and oxygen atoms in total. The van der Waals surface area contributed by atoms with Crippen LogP contribution in [0.1, 0.15) is 18.9 Å². The zero-order chi connectivity index (χ0) is 16.7. The predicted molar refractivity (Wildman–Crippen MR) is 73.4 cm³/mol. The fourth-order valence-electron chi connectivity index (χ4n) is 1.95. The third-order valence-corrected chi connectivity index (χ3v) is 3.04. The Bertz CT molecular complexity index is 579. The van der Waals surface area contributed by atoms with E-state index in [2.05, 4.69) is 10.1 Å². The highest BCUT2D eigenvalue weighted by atomic mass is 19.1. The molecule has 0 aliphatic rings. The Kier molecular flexibility index (Phi) is 6.45. The smallest absolute Gasteiger partial charge is 0.328 e. The number of nitrogens with one attached hydrogen (secondary N) is 1. The Hall–Kier alpha value is -2.49. The van der Waals surface area contributed by atoms with Gasteiger partial charge >= 0.3 is 5.97 Å². The number of esters is 1. The first-order chi connectivity index (χ1) is 10.4. The van der Waals surface area contributed by atoms with Crippen LogP contribution in [0.25, 0.3) is 0 Å². The minimum Gasteiger partial charge on any atom is -0.467 e. The number of rotatable bonds is 6. The molecule has 1 N–H and O–H groups in total. The molecule has 0 spiro atoms. The standard InChI is InChI=1S/C15H16F2N2O3/c1-9(3-4-18)14(15(21)22-2)19-13(20)7-10-5-11(16)8-12(17)6-10/h5-6,8-9,14H,3,7H2,1-2H3,(H,19,20)/t9-,14-/m1/s1. The average Bonchev–Trinajstić information content (AvgIpc) is 2.43. The number of nitriles is 1. The van der Waals surface area contributed by atoms with E-state index >= 15 is 0 Å². The molecule has 0 fully saturated rings. The van der Waals surface area contributed by atoms with Gasteiger partial charge in [-0.05, 0) is 17.7 Å². The van der Waals surface area contributed by atoms with Crippen molar-refractivity contribution in [1.29, 1.82) is 5.26 Å². The van der Waals surface area contributed by atoms with Crippen molar-refractivity contribution in [2.75, 3.05) is 7.11 Å². The predicted octanol–water partition coefficient (Wildman–Crippen LogP) is 1.71. The molecular formula is C15H16F2N2O3. The van der Waals surface area contributed by atoms with Crippen molar-refractivity contribution < 1.29 is 23.1 Å². The minimum absolute atomic E-state index is 0.0502. The van der Waals surface area contributed by atoms with E-state index < -0.39 is 35.5 Å². The number of nitrogens with zero attached hydrogens (tertiary/aromatic N) is 1. The second kappa shape index (κ2) is 8.08. The summed E-state index contributed by atoms with van der Waals surface area (Å²) in [6, 6.07) is 3.69. The molecule has 1 amide bonds. The zero-order valence-corrected chi connectivity index (χ0v) is 12.2. The maximum Gasteiger partial charge on any atom is 0.328 e. The number of methoxy groups -OCH3 is 1. The first-order valence-corrected chi connectivity index (χ1v) is 6.56. The second-order valence-corrected chi connectivity index (χ2v) is 4.86. The van der Waals surface area contributed by atoms with Crippen LogP contribution in [0, 0.1) is 28.9 Å². The van der Waals surface area contributed by atoms with Crippen LogP contribution < -0.4 is 5.32 Å². The monoisotopic (exact) mass is 310 g/mol. The van der Waals surface area contributed by atoms with Gasteiger partial charge in [0.15, 0.2) is 0 Å². The molecule has 0 radical (unpaired) electrons. The largest absolute Gasteiger partial charge is 0.467 e. The molecule has 1 aromatic carbocycles.